The molecule has 0 saturated heterocycles. The summed E-state index contributed by atoms with van der Waals surface area (Å²) in [5, 5.41) is 4.63. The van der Waals surface area contributed by atoms with E-state index in [-0.39, 0.29) is 0 Å². The zero-order valence-electron chi connectivity index (χ0n) is 11.6. The predicted octanol–water partition coefficient (Wildman–Crippen LogP) is 2.35. The van der Waals surface area contributed by atoms with Gasteiger partial charge in [0.2, 0.25) is 0 Å². The Kier molecular flexibility index (Phi) is 6.29. The van der Waals surface area contributed by atoms with Gasteiger partial charge in [0, 0.05) is 25.7 Å². The minimum Gasteiger partial charge on any atom is -0.393 e. The zero-order valence-corrected chi connectivity index (χ0v) is 12.4. The number of rotatable bonds is 8. The van der Waals surface area contributed by atoms with Crippen molar-refractivity contribution in [3.05, 3.63) is 18.0 Å². The van der Waals surface area contributed by atoms with E-state index in [4.69, 9.17) is 18.0 Å². The molecule has 1 aromatic heterocycles. The third-order valence-corrected chi connectivity index (χ3v) is 3.36. The van der Waals surface area contributed by atoms with Crippen LogP contribution in [0.15, 0.2) is 12.3 Å². The Morgan fingerprint density at radius 2 is 2.17 bits per heavy atom. The first-order valence-electron chi connectivity index (χ1n) is 6.57. The summed E-state index contributed by atoms with van der Waals surface area (Å²) in [6, 6.07) is 2.61. The molecular weight excluding hydrogens is 244 g/mol. The first-order valence-corrected chi connectivity index (χ1v) is 6.98. The van der Waals surface area contributed by atoms with E-state index in [0.717, 1.165) is 38.0 Å². The molecule has 0 aliphatic carbocycles. The minimum absolute atomic E-state index is 0.515. The van der Waals surface area contributed by atoms with Gasteiger partial charge in [0.05, 0.1) is 16.7 Å². The lowest BCUT2D eigenvalue weighted by atomic mass is 10.2. The van der Waals surface area contributed by atoms with Crippen molar-refractivity contribution in [2.75, 3.05) is 13.6 Å². The maximum Gasteiger partial charge on any atom is 0.0764 e. The molecule has 1 aromatic rings. The second kappa shape index (κ2) is 7.48. The van der Waals surface area contributed by atoms with Gasteiger partial charge in [-0.05, 0) is 26.0 Å². The number of hydrogen-bond donors (Lipinski definition) is 1. The van der Waals surface area contributed by atoms with Gasteiger partial charge in [0.25, 0.3) is 0 Å². The standard InChI is InChI=1S/C13H24N4S/c1-4-12(5-2)17-9-6-11(15-17)10-16(3)8-7-13(14)18/h6,9,12H,4-5,7-8,10H2,1-3H3,(H2,14,18). The number of aromatic nitrogens is 2. The van der Waals surface area contributed by atoms with Crippen LogP contribution in [0.3, 0.4) is 0 Å². The van der Waals surface area contributed by atoms with Crippen molar-refractivity contribution in [2.24, 2.45) is 5.73 Å². The van der Waals surface area contributed by atoms with Gasteiger partial charge < -0.3 is 10.6 Å². The van der Waals surface area contributed by atoms with Crippen LogP contribution in [0.2, 0.25) is 0 Å². The second-order valence-corrected chi connectivity index (χ2v) is 5.24. The molecule has 0 radical (unpaired) electrons. The quantitative estimate of drug-likeness (QED) is 0.735. The smallest absolute Gasteiger partial charge is 0.0764 e. The average Bonchev–Trinajstić information content (AvgIpc) is 2.76. The Hall–Kier alpha value is -0.940. The van der Waals surface area contributed by atoms with Crippen molar-refractivity contribution in [3.8, 4) is 0 Å². The van der Waals surface area contributed by atoms with Crippen molar-refractivity contribution in [3.63, 3.8) is 0 Å². The van der Waals surface area contributed by atoms with Crippen LogP contribution in [-0.2, 0) is 6.54 Å². The summed E-state index contributed by atoms with van der Waals surface area (Å²) in [5.74, 6) is 0. The SMILES string of the molecule is CCC(CC)n1ccc(CN(C)CCC(N)=S)n1. The molecule has 0 atom stereocenters. The van der Waals surface area contributed by atoms with Gasteiger partial charge in [0.1, 0.15) is 0 Å². The molecule has 102 valence electrons. The van der Waals surface area contributed by atoms with Crippen LogP contribution in [0.25, 0.3) is 0 Å². The molecule has 0 unspecified atom stereocenters. The average molecular weight is 268 g/mol. The van der Waals surface area contributed by atoms with Gasteiger partial charge in [-0.1, -0.05) is 26.1 Å². The first-order chi connectivity index (χ1) is 8.56. The summed E-state index contributed by atoms with van der Waals surface area (Å²) in [6.07, 6.45) is 5.08. The topological polar surface area (TPSA) is 47.1 Å². The van der Waals surface area contributed by atoms with E-state index in [1.54, 1.807) is 0 Å². The molecule has 0 bridgehead atoms. The van der Waals surface area contributed by atoms with Gasteiger partial charge in [-0.25, -0.2) is 0 Å². The molecule has 1 heterocycles. The van der Waals surface area contributed by atoms with Gasteiger partial charge in [0.15, 0.2) is 0 Å². The molecule has 0 aliphatic heterocycles. The van der Waals surface area contributed by atoms with E-state index < -0.39 is 0 Å². The molecule has 18 heavy (non-hydrogen) atoms. The molecule has 0 spiro atoms. The highest BCUT2D eigenvalue weighted by molar-refractivity contribution is 7.80. The lowest BCUT2D eigenvalue weighted by molar-refractivity contribution is 0.328. The summed E-state index contributed by atoms with van der Waals surface area (Å²) in [4.78, 5) is 2.77. The normalized spacial score (nSPS) is 11.4. The van der Waals surface area contributed by atoms with Gasteiger partial charge in [-0.15, -0.1) is 0 Å². The van der Waals surface area contributed by atoms with E-state index in [2.05, 4.69) is 47.8 Å². The van der Waals surface area contributed by atoms with E-state index >= 15 is 0 Å². The third kappa shape index (κ3) is 4.74. The van der Waals surface area contributed by atoms with Crippen LogP contribution in [-0.4, -0.2) is 33.3 Å². The second-order valence-electron chi connectivity index (χ2n) is 4.71. The summed E-state index contributed by atoms with van der Waals surface area (Å²) >= 11 is 4.88. The van der Waals surface area contributed by atoms with Crippen LogP contribution in [0.1, 0.15) is 44.8 Å². The van der Waals surface area contributed by atoms with Crippen molar-refractivity contribution in [2.45, 2.75) is 45.7 Å². The molecule has 0 amide bonds. The molecule has 5 heteroatoms. The zero-order chi connectivity index (χ0) is 13.5. The van der Waals surface area contributed by atoms with Crippen LogP contribution in [0, 0.1) is 0 Å². The Morgan fingerprint density at radius 3 is 2.72 bits per heavy atom. The van der Waals surface area contributed by atoms with E-state index in [1.165, 1.54) is 0 Å². The largest absolute Gasteiger partial charge is 0.393 e. The Morgan fingerprint density at radius 1 is 1.50 bits per heavy atom. The minimum atomic E-state index is 0.515. The number of nitrogens with two attached hydrogens (primary N) is 1. The number of nitrogens with zero attached hydrogens (tertiary/aromatic N) is 3. The Labute approximate surface area is 115 Å². The molecule has 2 N–H and O–H groups in total. The molecule has 0 fully saturated rings. The molecule has 4 nitrogen and oxygen atoms in total. The Balaban J connectivity index is 2.50. The number of thiocarbonyl (C=S) groups is 1. The van der Waals surface area contributed by atoms with Gasteiger partial charge in [-0.2, -0.15) is 5.10 Å². The van der Waals surface area contributed by atoms with Crippen molar-refractivity contribution >= 4 is 17.2 Å². The summed E-state index contributed by atoms with van der Waals surface area (Å²) in [7, 11) is 2.06. The van der Waals surface area contributed by atoms with Gasteiger partial charge in [-0.3, -0.25) is 4.68 Å². The molecule has 0 aliphatic rings. The van der Waals surface area contributed by atoms with E-state index in [1.807, 2.05) is 0 Å². The predicted molar refractivity (Wildman–Crippen MR) is 79.6 cm³/mol. The summed E-state index contributed by atoms with van der Waals surface area (Å²) in [5.41, 5.74) is 6.60. The highest BCUT2D eigenvalue weighted by Gasteiger charge is 2.09. The van der Waals surface area contributed by atoms with Crippen molar-refractivity contribution in [1.29, 1.82) is 0 Å². The van der Waals surface area contributed by atoms with Crippen molar-refractivity contribution < 1.29 is 0 Å². The lowest BCUT2D eigenvalue weighted by Gasteiger charge is -2.15. The van der Waals surface area contributed by atoms with E-state index in [9.17, 15) is 0 Å². The first kappa shape index (κ1) is 15.1. The van der Waals surface area contributed by atoms with Crippen LogP contribution in [0.4, 0.5) is 0 Å². The fraction of sp³-hybridized carbons (Fsp3) is 0.692. The molecule has 0 aromatic carbocycles. The number of hydrogen-bond acceptors (Lipinski definition) is 3. The highest BCUT2D eigenvalue weighted by Crippen LogP contribution is 2.14. The fourth-order valence-corrected chi connectivity index (χ4v) is 2.08. The fourth-order valence-electron chi connectivity index (χ4n) is 1.98. The maximum absolute atomic E-state index is 5.50. The highest BCUT2D eigenvalue weighted by atomic mass is 32.1. The van der Waals surface area contributed by atoms with Gasteiger partial charge >= 0.3 is 0 Å². The third-order valence-electron chi connectivity index (χ3n) is 3.15. The van der Waals surface area contributed by atoms with Crippen molar-refractivity contribution in [1.82, 2.24) is 14.7 Å². The monoisotopic (exact) mass is 268 g/mol. The summed E-state index contributed by atoms with van der Waals surface area (Å²) in [6.45, 7) is 6.12. The molecule has 0 saturated carbocycles. The summed E-state index contributed by atoms with van der Waals surface area (Å²) < 4.78 is 2.08. The van der Waals surface area contributed by atoms with E-state index in [0.29, 0.717) is 11.0 Å². The molecular formula is C13H24N4S. The lowest BCUT2D eigenvalue weighted by Crippen LogP contribution is -2.23. The Bertz CT molecular complexity index is 371. The van der Waals surface area contributed by atoms with Crippen LogP contribution >= 0.6 is 12.2 Å². The van der Waals surface area contributed by atoms with Crippen LogP contribution < -0.4 is 5.73 Å². The maximum atomic E-state index is 5.50. The molecule has 1 rings (SSSR count). The van der Waals surface area contributed by atoms with Crippen LogP contribution in [0.5, 0.6) is 0 Å².